The fraction of sp³-hybridized carbons (Fsp3) is 0.233. The highest BCUT2D eigenvalue weighted by Gasteiger charge is 2.53. The quantitative estimate of drug-likeness (QED) is 0.180. The molecule has 0 radical (unpaired) electrons. The van der Waals surface area contributed by atoms with Crippen molar-refractivity contribution in [1.29, 1.82) is 0 Å². The van der Waals surface area contributed by atoms with Gasteiger partial charge in [0, 0.05) is 22.0 Å². The molecule has 1 amide bonds. The number of ketones is 1. The predicted octanol–water partition coefficient (Wildman–Crippen LogP) is 7.69. The van der Waals surface area contributed by atoms with Gasteiger partial charge in [0.25, 0.3) is 0 Å². The predicted molar refractivity (Wildman–Crippen MR) is 159 cm³/mol. The Balaban J connectivity index is 1.39. The number of pyridine rings is 1. The van der Waals surface area contributed by atoms with E-state index in [2.05, 4.69) is 34.1 Å². The number of hydrogen-bond acceptors (Lipinski definition) is 6. The van der Waals surface area contributed by atoms with E-state index in [-0.39, 0.29) is 18.3 Å². The van der Waals surface area contributed by atoms with Gasteiger partial charge in [0.2, 0.25) is 11.8 Å². The summed E-state index contributed by atoms with van der Waals surface area (Å²) in [7, 11) is 0. The zero-order chi connectivity index (χ0) is 27.1. The number of rotatable bonds is 5. The van der Waals surface area contributed by atoms with Crippen molar-refractivity contribution < 1.29 is 14.3 Å². The summed E-state index contributed by atoms with van der Waals surface area (Å²) in [6.45, 7) is 0. The van der Waals surface area contributed by atoms with Gasteiger partial charge >= 0.3 is 0 Å². The number of aromatic nitrogens is 1. The first kappa shape index (κ1) is 26.6. The number of thiophene rings is 1. The van der Waals surface area contributed by atoms with Crippen LogP contribution >= 0.6 is 51.7 Å². The number of fused-ring (bicyclic) bond motifs is 1. The van der Waals surface area contributed by atoms with Crippen molar-refractivity contribution in [2.24, 2.45) is 0 Å². The number of carbonyl (C=O) groups excluding carboxylic acids is 2. The van der Waals surface area contributed by atoms with Gasteiger partial charge in [-0.15, -0.1) is 0 Å². The van der Waals surface area contributed by atoms with Gasteiger partial charge < -0.3 is 4.74 Å². The Morgan fingerprint density at radius 1 is 1.08 bits per heavy atom. The summed E-state index contributed by atoms with van der Waals surface area (Å²) in [4.78, 5) is 32.5. The summed E-state index contributed by atoms with van der Waals surface area (Å²) in [5.41, 5.74) is 3.02. The Hall–Kier alpha value is -2.65. The minimum atomic E-state index is -1.19. The smallest absolute Gasteiger partial charge is 0.248 e. The van der Waals surface area contributed by atoms with Crippen LogP contribution in [-0.2, 0) is 21.5 Å². The highest BCUT2D eigenvalue weighted by molar-refractivity contribution is 9.10. The zero-order valence-electron chi connectivity index (χ0n) is 20.7. The van der Waals surface area contributed by atoms with Crippen molar-refractivity contribution in [3.05, 3.63) is 115 Å². The van der Waals surface area contributed by atoms with E-state index in [1.807, 2.05) is 35.0 Å². The lowest BCUT2D eigenvalue weighted by Crippen LogP contribution is -2.54. The zero-order valence-corrected chi connectivity index (χ0v) is 24.8. The number of aryl methyl sites for hydroxylation is 1. The number of thiol groups is 1. The molecule has 6 rings (SSSR count). The number of nitrogens with zero attached hydrogens (tertiary/aromatic N) is 2. The fourth-order valence-corrected chi connectivity index (χ4v) is 7.42. The first-order chi connectivity index (χ1) is 18.9. The largest absolute Gasteiger partial charge is 0.469 e. The number of carbonyl (C=O) groups is 2. The van der Waals surface area contributed by atoms with E-state index in [9.17, 15) is 9.59 Å². The standard InChI is InChI=1S/C30H24BrClN2O3S2/c31-20-12-11-18-5-3-8-25(22(18)15-20)37-27-10-4-9-26(33-27)30(19-13-14-39-17-19)16-24(35)28(29(36)34(30)38)21-6-1-2-7-23(21)32/h1-2,4,6-7,9-15,17,25,28,38H,3,5,8,16H2. The van der Waals surface area contributed by atoms with Crippen LogP contribution in [0.2, 0.25) is 5.02 Å². The molecule has 198 valence electrons. The number of ether oxygens (including phenoxy) is 1. The van der Waals surface area contributed by atoms with Crippen LogP contribution in [0.15, 0.2) is 82.0 Å². The molecule has 5 nitrogen and oxygen atoms in total. The third-order valence-electron chi connectivity index (χ3n) is 7.56. The Morgan fingerprint density at radius 2 is 1.92 bits per heavy atom. The number of Topliss-reactive ketones (excluding diaryl/α,β-unsaturated/α-hetero) is 1. The first-order valence-corrected chi connectivity index (χ1v) is 15.1. The van der Waals surface area contributed by atoms with Gasteiger partial charge in [-0.3, -0.25) is 13.9 Å². The van der Waals surface area contributed by atoms with Gasteiger partial charge in [0.1, 0.15) is 17.6 Å². The van der Waals surface area contributed by atoms with E-state index in [0.29, 0.717) is 22.2 Å². The average molecular weight is 640 g/mol. The van der Waals surface area contributed by atoms with Crippen LogP contribution < -0.4 is 4.74 Å². The van der Waals surface area contributed by atoms with Crippen LogP contribution in [-0.4, -0.2) is 21.0 Å². The lowest BCUT2D eigenvalue weighted by atomic mass is 9.75. The van der Waals surface area contributed by atoms with E-state index >= 15 is 0 Å². The molecule has 2 aromatic heterocycles. The number of hydrogen-bond donors (Lipinski definition) is 1. The highest BCUT2D eigenvalue weighted by atomic mass is 79.9. The van der Waals surface area contributed by atoms with Gasteiger partial charge in [-0.1, -0.05) is 70.7 Å². The topological polar surface area (TPSA) is 59.5 Å². The average Bonchev–Trinajstić information content (AvgIpc) is 3.48. The SMILES string of the molecule is O=C1CC(c2ccsc2)(c2cccc(OC3CCCc4ccc(Br)cc43)n2)N(S)C(=O)C1c1ccccc1Cl. The molecule has 1 aliphatic carbocycles. The number of piperidine rings is 1. The molecular weight excluding hydrogens is 616 g/mol. The van der Waals surface area contributed by atoms with Crippen LogP contribution in [0.5, 0.6) is 5.88 Å². The van der Waals surface area contributed by atoms with Gasteiger partial charge in [0.05, 0.1) is 5.69 Å². The summed E-state index contributed by atoms with van der Waals surface area (Å²) < 4.78 is 8.84. The molecule has 0 bridgehead atoms. The van der Waals surface area contributed by atoms with E-state index in [1.165, 1.54) is 21.2 Å². The molecule has 0 spiro atoms. The molecule has 9 heteroatoms. The molecule has 3 unspecified atom stereocenters. The fourth-order valence-electron chi connectivity index (χ4n) is 5.67. The molecule has 0 N–H and O–H groups in total. The summed E-state index contributed by atoms with van der Waals surface area (Å²) >= 11 is 16.2. The maximum absolute atomic E-state index is 13.9. The summed E-state index contributed by atoms with van der Waals surface area (Å²) in [5.74, 6) is -1.26. The van der Waals surface area contributed by atoms with Crippen molar-refractivity contribution in [1.82, 2.24) is 9.29 Å². The van der Waals surface area contributed by atoms with Gasteiger partial charge in [0.15, 0.2) is 5.78 Å². The second kappa shape index (κ2) is 10.7. The monoisotopic (exact) mass is 638 g/mol. The summed E-state index contributed by atoms with van der Waals surface area (Å²) in [6, 6.07) is 20.7. The second-order valence-corrected chi connectivity index (χ2v) is 12.3. The minimum Gasteiger partial charge on any atom is -0.469 e. The number of amides is 1. The first-order valence-electron chi connectivity index (χ1n) is 12.6. The molecule has 2 aromatic carbocycles. The molecule has 3 atom stereocenters. The lowest BCUT2D eigenvalue weighted by molar-refractivity contribution is -0.142. The minimum absolute atomic E-state index is 0.00449. The lowest BCUT2D eigenvalue weighted by Gasteiger charge is -2.45. The van der Waals surface area contributed by atoms with Crippen LogP contribution in [0, 0.1) is 0 Å². The van der Waals surface area contributed by atoms with Gasteiger partial charge in [-0.2, -0.15) is 11.3 Å². The molecule has 1 saturated heterocycles. The Bertz CT molecular complexity index is 1560. The third kappa shape index (κ3) is 4.71. The Morgan fingerprint density at radius 3 is 2.72 bits per heavy atom. The Labute approximate surface area is 249 Å². The molecule has 3 heterocycles. The normalized spacial score (nSPS) is 23.0. The maximum Gasteiger partial charge on any atom is 0.248 e. The summed E-state index contributed by atoms with van der Waals surface area (Å²) in [5, 5.41) is 4.23. The van der Waals surface area contributed by atoms with E-state index < -0.39 is 17.4 Å². The second-order valence-electron chi connectivity index (χ2n) is 9.82. The van der Waals surface area contributed by atoms with E-state index in [0.717, 1.165) is 34.9 Å². The molecule has 1 aliphatic heterocycles. The highest BCUT2D eigenvalue weighted by Crippen LogP contribution is 2.48. The molecule has 4 aromatic rings. The molecule has 0 saturated carbocycles. The molecule has 1 fully saturated rings. The molecule has 2 aliphatic rings. The van der Waals surface area contributed by atoms with Crippen molar-refractivity contribution in [3.8, 4) is 5.88 Å². The van der Waals surface area contributed by atoms with Crippen molar-refractivity contribution in [2.75, 3.05) is 0 Å². The van der Waals surface area contributed by atoms with Crippen LogP contribution in [0.3, 0.4) is 0 Å². The number of benzene rings is 2. The van der Waals surface area contributed by atoms with Crippen LogP contribution in [0.1, 0.15) is 59.2 Å². The van der Waals surface area contributed by atoms with Crippen molar-refractivity contribution in [3.63, 3.8) is 0 Å². The maximum atomic E-state index is 13.9. The van der Waals surface area contributed by atoms with Crippen LogP contribution in [0.4, 0.5) is 0 Å². The molecule has 39 heavy (non-hydrogen) atoms. The van der Waals surface area contributed by atoms with E-state index in [1.54, 1.807) is 24.3 Å². The van der Waals surface area contributed by atoms with Gasteiger partial charge in [-0.05, 0) is 82.6 Å². The summed E-state index contributed by atoms with van der Waals surface area (Å²) in [6.07, 6.45) is 2.78. The number of halogens is 2. The van der Waals surface area contributed by atoms with Crippen molar-refractivity contribution >= 4 is 63.4 Å². The van der Waals surface area contributed by atoms with Gasteiger partial charge in [-0.25, -0.2) is 4.98 Å². The third-order valence-corrected chi connectivity index (χ3v) is 9.62. The van der Waals surface area contributed by atoms with Crippen LogP contribution in [0.25, 0.3) is 0 Å². The van der Waals surface area contributed by atoms with Crippen molar-refractivity contribution in [2.45, 2.75) is 43.2 Å². The van der Waals surface area contributed by atoms with E-state index in [4.69, 9.17) is 34.1 Å². The molecular formula is C30H24BrClN2O3S2. The Kier molecular flexibility index (Phi) is 7.31.